The van der Waals surface area contributed by atoms with Gasteiger partial charge in [-0.15, -0.1) is 0 Å². The van der Waals surface area contributed by atoms with Crippen LogP contribution in [-0.2, 0) is 19.1 Å². The Labute approximate surface area is 162 Å². The standard InChI is InChI=1S/C21H23F3N2O2/c1-2-15-5-8-19(27)18(13-15)20(28)26-11-9-25(10-12-26)14-16-3-6-17(7-4-16)21(22,23)24/h3-8,13,27H,2,9-12,14H2,1H3. The van der Waals surface area contributed by atoms with E-state index >= 15 is 0 Å². The van der Waals surface area contributed by atoms with Crippen LogP contribution in [-0.4, -0.2) is 47.0 Å². The van der Waals surface area contributed by atoms with E-state index in [0.29, 0.717) is 38.3 Å². The van der Waals surface area contributed by atoms with Crippen LogP contribution >= 0.6 is 0 Å². The topological polar surface area (TPSA) is 43.8 Å². The maximum atomic E-state index is 12.7. The van der Waals surface area contributed by atoms with Crippen LogP contribution in [0.4, 0.5) is 13.2 Å². The molecule has 1 aliphatic heterocycles. The fourth-order valence-corrected chi connectivity index (χ4v) is 3.31. The van der Waals surface area contributed by atoms with Crippen LogP contribution in [0.2, 0.25) is 0 Å². The molecule has 0 spiro atoms. The SMILES string of the molecule is CCc1ccc(O)c(C(=O)N2CCN(Cc3ccc(C(F)(F)F)cc3)CC2)c1. The molecule has 0 atom stereocenters. The molecule has 0 aliphatic carbocycles. The Hall–Kier alpha value is -2.54. The van der Waals surface area contributed by atoms with Crippen LogP contribution in [0.1, 0.15) is 34.0 Å². The minimum Gasteiger partial charge on any atom is -0.507 e. The largest absolute Gasteiger partial charge is 0.507 e. The van der Waals surface area contributed by atoms with Crippen LogP contribution < -0.4 is 0 Å². The number of benzene rings is 2. The van der Waals surface area contributed by atoms with Gasteiger partial charge in [0.2, 0.25) is 0 Å². The number of nitrogens with zero attached hydrogens (tertiary/aromatic N) is 2. The molecular weight excluding hydrogens is 369 g/mol. The van der Waals surface area contributed by atoms with Gasteiger partial charge in [-0.2, -0.15) is 13.2 Å². The van der Waals surface area contributed by atoms with Crippen molar-refractivity contribution in [2.75, 3.05) is 26.2 Å². The highest BCUT2D eigenvalue weighted by atomic mass is 19.4. The summed E-state index contributed by atoms with van der Waals surface area (Å²) in [6, 6.07) is 10.3. The molecule has 0 unspecified atom stereocenters. The molecule has 28 heavy (non-hydrogen) atoms. The smallest absolute Gasteiger partial charge is 0.416 e. The van der Waals surface area contributed by atoms with Gasteiger partial charge in [-0.3, -0.25) is 9.69 Å². The second kappa shape index (κ2) is 8.22. The first-order chi connectivity index (χ1) is 13.3. The normalized spacial score (nSPS) is 15.6. The summed E-state index contributed by atoms with van der Waals surface area (Å²) < 4.78 is 37.9. The van der Waals surface area contributed by atoms with Crippen molar-refractivity contribution in [3.8, 4) is 5.75 Å². The third-order valence-electron chi connectivity index (χ3n) is 5.05. The van der Waals surface area contributed by atoms with Crippen molar-refractivity contribution in [1.82, 2.24) is 9.80 Å². The zero-order valence-electron chi connectivity index (χ0n) is 15.7. The third-order valence-corrected chi connectivity index (χ3v) is 5.05. The highest BCUT2D eigenvalue weighted by Crippen LogP contribution is 2.29. The highest BCUT2D eigenvalue weighted by Gasteiger charge is 2.30. The monoisotopic (exact) mass is 392 g/mol. The number of aryl methyl sites for hydroxylation is 1. The van der Waals surface area contributed by atoms with Gasteiger partial charge >= 0.3 is 6.18 Å². The Morgan fingerprint density at radius 3 is 2.18 bits per heavy atom. The molecule has 0 bridgehead atoms. The summed E-state index contributed by atoms with van der Waals surface area (Å²) in [5.41, 5.74) is 1.46. The molecule has 1 heterocycles. The Bertz CT molecular complexity index is 827. The summed E-state index contributed by atoms with van der Waals surface area (Å²) in [5.74, 6) is -0.212. The van der Waals surface area contributed by atoms with Crippen molar-refractivity contribution in [3.05, 3.63) is 64.7 Å². The van der Waals surface area contributed by atoms with E-state index in [1.165, 1.54) is 12.1 Å². The van der Waals surface area contributed by atoms with E-state index in [0.717, 1.165) is 29.7 Å². The summed E-state index contributed by atoms with van der Waals surface area (Å²) in [7, 11) is 0. The van der Waals surface area contributed by atoms with Crippen molar-refractivity contribution in [1.29, 1.82) is 0 Å². The van der Waals surface area contributed by atoms with Gasteiger partial charge in [-0.25, -0.2) is 0 Å². The second-order valence-electron chi connectivity index (χ2n) is 6.97. The first-order valence-corrected chi connectivity index (χ1v) is 9.27. The average Bonchev–Trinajstić information content (AvgIpc) is 2.68. The zero-order valence-corrected chi connectivity index (χ0v) is 15.7. The number of hydrogen-bond donors (Lipinski definition) is 1. The Kier molecular flexibility index (Phi) is 5.93. The first-order valence-electron chi connectivity index (χ1n) is 9.27. The molecule has 4 nitrogen and oxygen atoms in total. The molecule has 3 rings (SSSR count). The molecule has 150 valence electrons. The Balaban J connectivity index is 1.58. The van der Waals surface area contributed by atoms with Gasteiger partial charge in [0.15, 0.2) is 0 Å². The van der Waals surface area contributed by atoms with E-state index in [9.17, 15) is 23.1 Å². The molecule has 0 aromatic heterocycles. The minimum absolute atomic E-state index is 0.0191. The Morgan fingerprint density at radius 2 is 1.61 bits per heavy atom. The Morgan fingerprint density at radius 1 is 1.00 bits per heavy atom. The van der Waals surface area contributed by atoms with Gasteiger partial charge in [0.25, 0.3) is 5.91 Å². The number of rotatable bonds is 4. The van der Waals surface area contributed by atoms with Crippen molar-refractivity contribution in [2.24, 2.45) is 0 Å². The van der Waals surface area contributed by atoms with Crippen LogP contribution in [0, 0.1) is 0 Å². The van der Waals surface area contributed by atoms with Crippen LogP contribution in [0.25, 0.3) is 0 Å². The maximum Gasteiger partial charge on any atom is 0.416 e. The number of amides is 1. The summed E-state index contributed by atoms with van der Waals surface area (Å²) in [5, 5.41) is 10.0. The molecular formula is C21H23F3N2O2. The van der Waals surface area contributed by atoms with Crippen LogP contribution in [0.5, 0.6) is 5.75 Å². The number of aromatic hydroxyl groups is 1. The molecule has 1 N–H and O–H groups in total. The number of phenols is 1. The highest BCUT2D eigenvalue weighted by molar-refractivity contribution is 5.97. The van der Waals surface area contributed by atoms with Crippen molar-refractivity contribution in [2.45, 2.75) is 26.1 Å². The van der Waals surface area contributed by atoms with Gasteiger partial charge in [0, 0.05) is 32.7 Å². The van der Waals surface area contributed by atoms with Crippen LogP contribution in [0.15, 0.2) is 42.5 Å². The zero-order chi connectivity index (χ0) is 20.3. The van der Waals surface area contributed by atoms with Crippen molar-refractivity contribution >= 4 is 5.91 Å². The fourth-order valence-electron chi connectivity index (χ4n) is 3.31. The van der Waals surface area contributed by atoms with Gasteiger partial charge < -0.3 is 10.0 Å². The molecule has 2 aromatic carbocycles. The van der Waals surface area contributed by atoms with Gasteiger partial charge in [-0.05, 0) is 41.8 Å². The summed E-state index contributed by atoms with van der Waals surface area (Å²) >= 11 is 0. The van der Waals surface area contributed by atoms with Crippen molar-refractivity contribution in [3.63, 3.8) is 0 Å². The van der Waals surface area contributed by atoms with Crippen molar-refractivity contribution < 1.29 is 23.1 Å². The number of carbonyl (C=O) groups is 1. The molecule has 0 saturated carbocycles. The van der Waals surface area contributed by atoms with E-state index in [-0.39, 0.29) is 11.7 Å². The number of halogens is 3. The maximum absolute atomic E-state index is 12.7. The molecule has 1 fully saturated rings. The van der Waals surface area contributed by atoms with E-state index < -0.39 is 11.7 Å². The van der Waals surface area contributed by atoms with E-state index in [2.05, 4.69) is 4.90 Å². The lowest BCUT2D eigenvalue weighted by atomic mass is 10.1. The number of phenolic OH excluding ortho intramolecular Hbond substituents is 1. The van der Waals surface area contributed by atoms with Gasteiger partial charge in [0.1, 0.15) is 5.75 Å². The quantitative estimate of drug-likeness (QED) is 0.858. The lowest BCUT2D eigenvalue weighted by molar-refractivity contribution is -0.137. The second-order valence-corrected chi connectivity index (χ2v) is 6.97. The lowest BCUT2D eigenvalue weighted by Gasteiger charge is -2.35. The predicted molar refractivity (Wildman–Crippen MR) is 100 cm³/mol. The molecule has 1 aliphatic rings. The lowest BCUT2D eigenvalue weighted by Crippen LogP contribution is -2.48. The van der Waals surface area contributed by atoms with Crippen LogP contribution in [0.3, 0.4) is 0 Å². The molecule has 1 amide bonds. The predicted octanol–water partition coefficient (Wildman–Crippen LogP) is 3.93. The third kappa shape index (κ3) is 4.65. The fraction of sp³-hybridized carbons (Fsp3) is 0.381. The number of piperazine rings is 1. The summed E-state index contributed by atoms with van der Waals surface area (Å²) in [6.45, 7) is 4.80. The molecule has 1 saturated heterocycles. The molecule has 0 radical (unpaired) electrons. The minimum atomic E-state index is -4.33. The van der Waals surface area contributed by atoms with E-state index in [1.807, 2.05) is 6.92 Å². The first kappa shape index (κ1) is 20.2. The van der Waals surface area contributed by atoms with E-state index in [4.69, 9.17) is 0 Å². The number of hydrogen-bond acceptors (Lipinski definition) is 3. The van der Waals surface area contributed by atoms with Gasteiger partial charge in [0.05, 0.1) is 11.1 Å². The van der Waals surface area contributed by atoms with E-state index in [1.54, 1.807) is 23.1 Å². The molecule has 7 heteroatoms. The number of carbonyl (C=O) groups excluding carboxylic acids is 1. The summed E-state index contributed by atoms with van der Waals surface area (Å²) in [4.78, 5) is 16.5. The number of alkyl halides is 3. The molecule has 2 aromatic rings. The average molecular weight is 392 g/mol. The van der Waals surface area contributed by atoms with Gasteiger partial charge in [-0.1, -0.05) is 25.1 Å². The summed E-state index contributed by atoms with van der Waals surface area (Å²) in [6.07, 6.45) is -3.55.